The number of carbonyl (C=O) groups is 1. The highest BCUT2D eigenvalue weighted by molar-refractivity contribution is 5.93. The van der Waals surface area contributed by atoms with Gasteiger partial charge in [0.05, 0.1) is 0 Å². The molecule has 0 saturated heterocycles. The molecule has 1 rings (SSSR count). The highest BCUT2D eigenvalue weighted by Gasteiger charge is 2.27. The third kappa shape index (κ3) is 6.79. The number of amides is 1. The van der Waals surface area contributed by atoms with Crippen LogP contribution in [-0.4, -0.2) is 24.5 Å². The highest BCUT2D eigenvalue weighted by atomic mass is 16.6. The van der Waals surface area contributed by atoms with Crippen LogP contribution >= 0.6 is 0 Å². The molecule has 0 aromatic heterocycles. The lowest BCUT2D eigenvalue weighted by Gasteiger charge is -2.30. The van der Waals surface area contributed by atoms with Crippen LogP contribution in [0.1, 0.15) is 59.1 Å². The molecule has 0 aliphatic heterocycles. The summed E-state index contributed by atoms with van der Waals surface area (Å²) in [5, 5.41) is 10.4. The molecule has 30 heavy (non-hydrogen) atoms. The van der Waals surface area contributed by atoms with E-state index in [1.165, 1.54) is 6.21 Å². The Balaban J connectivity index is 3.31. The molecule has 0 bridgehead atoms. The average molecular weight is 413 g/mol. The van der Waals surface area contributed by atoms with E-state index in [2.05, 4.69) is 25.7 Å². The summed E-state index contributed by atoms with van der Waals surface area (Å²) < 4.78 is 5.36. The molecule has 6 N–H and O–H groups in total. The van der Waals surface area contributed by atoms with Gasteiger partial charge in [0.1, 0.15) is 5.60 Å². The van der Waals surface area contributed by atoms with E-state index in [1.54, 1.807) is 13.0 Å². The predicted octanol–water partition coefficient (Wildman–Crippen LogP) is 4.62. The number of allylic oxidation sites excluding steroid dienone is 3. The fourth-order valence-corrected chi connectivity index (χ4v) is 3.12. The van der Waals surface area contributed by atoms with Gasteiger partial charge in [-0.2, -0.15) is 0 Å². The topological polar surface area (TPSA) is 114 Å². The minimum Gasteiger partial charge on any atom is -0.444 e. The van der Waals surface area contributed by atoms with Crippen LogP contribution < -0.4 is 16.8 Å². The van der Waals surface area contributed by atoms with Crippen molar-refractivity contribution in [2.24, 2.45) is 11.5 Å². The Morgan fingerprint density at radius 2 is 1.90 bits per heavy atom. The zero-order valence-corrected chi connectivity index (χ0v) is 19.1. The number of hydrogen-bond donors (Lipinski definition) is 4. The summed E-state index contributed by atoms with van der Waals surface area (Å²) in [4.78, 5) is 12.1. The highest BCUT2D eigenvalue weighted by Crippen LogP contribution is 2.32. The SMILES string of the molecule is C=C(N)C(C(=CC=N)c1cccc(C(C)(CC)CNC(=O)OC(C)(C)C)c1)=C(C)N. The number of benzene rings is 1. The van der Waals surface area contributed by atoms with E-state index in [4.69, 9.17) is 21.6 Å². The minimum absolute atomic E-state index is 0.315. The number of nitrogens with two attached hydrogens (primary N) is 2. The molecule has 1 aromatic rings. The third-order valence-electron chi connectivity index (χ3n) is 4.91. The van der Waals surface area contributed by atoms with Crippen molar-refractivity contribution >= 4 is 17.9 Å². The molecule has 0 spiro atoms. The van der Waals surface area contributed by atoms with Crippen molar-refractivity contribution in [1.29, 1.82) is 5.41 Å². The van der Waals surface area contributed by atoms with Gasteiger partial charge in [-0.05, 0) is 56.9 Å². The molecule has 0 saturated carbocycles. The molecule has 6 nitrogen and oxygen atoms in total. The van der Waals surface area contributed by atoms with Gasteiger partial charge in [-0.15, -0.1) is 0 Å². The van der Waals surface area contributed by atoms with Gasteiger partial charge in [0, 0.05) is 35.1 Å². The maximum absolute atomic E-state index is 12.1. The molecule has 6 heteroatoms. The lowest BCUT2D eigenvalue weighted by Crippen LogP contribution is -2.41. The summed E-state index contributed by atoms with van der Waals surface area (Å²) in [6.45, 7) is 15.7. The van der Waals surface area contributed by atoms with Crippen molar-refractivity contribution in [3.05, 3.63) is 65.0 Å². The van der Waals surface area contributed by atoms with Gasteiger partial charge in [0.25, 0.3) is 0 Å². The quantitative estimate of drug-likeness (QED) is 0.368. The first-order chi connectivity index (χ1) is 13.8. The Morgan fingerprint density at radius 1 is 1.27 bits per heavy atom. The molecule has 0 aliphatic rings. The lowest BCUT2D eigenvalue weighted by atomic mass is 9.78. The van der Waals surface area contributed by atoms with Gasteiger partial charge in [0.15, 0.2) is 0 Å². The van der Waals surface area contributed by atoms with Gasteiger partial charge < -0.3 is 26.9 Å². The number of alkyl carbamates (subject to hydrolysis) is 1. The number of carbonyl (C=O) groups excluding carboxylic acids is 1. The van der Waals surface area contributed by atoms with Crippen LogP contribution in [0.5, 0.6) is 0 Å². The van der Waals surface area contributed by atoms with Crippen LogP contribution in [0.15, 0.2) is 53.9 Å². The van der Waals surface area contributed by atoms with Crippen molar-refractivity contribution in [1.82, 2.24) is 5.32 Å². The summed E-state index contributed by atoms with van der Waals surface area (Å²) in [6, 6.07) is 7.97. The Morgan fingerprint density at radius 3 is 2.37 bits per heavy atom. The number of rotatable bonds is 8. The maximum atomic E-state index is 12.1. The first kappa shape index (κ1) is 25.0. The van der Waals surface area contributed by atoms with Crippen LogP contribution in [0, 0.1) is 5.41 Å². The zero-order valence-electron chi connectivity index (χ0n) is 19.1. The van der Waals surface area contributed by atoms with Gasteiger partial charge >= 0.3 is 6.09 Å². The van der Waals surface area contributed by atoms with Gasteiger partial charge in [-0.25, -0.2) is 4.79 Å². The van der Waals surface area contributed by atoms with Crippen molar-refractivity contribution < 1.29 is 9.53 Å². The largest absolute Gasteiger partial charge is 0.444 e. The Kier molecular flexibility index (Phi) is 8.46. The van der Waals surface area contributed by atoms with E-state index in [9.17, 15) is 4.79 Å². The Labute approximate surface area is 180 Å². The Hall–Kier alpha value is -3.02. The fraction of sp³-hybridized carbons (Fsp3) is 0.417. The molecule has 1 atom stereocenters. The molecule has 0 aliphatic carbocycles. The van der Waals surface area contributed by atoms with E-state index in [-0.39, 0.29) is 5.41 Å². The monoisotopic (exact) mass is 412 g/mol. The summed E-state index contributed by atoms with van der Waals surface area (Å²) in [7, 11) is 0. The predicted molar refractivity (Wildman–Crippen MR) is 125 cm³/mol. The van der Waals surface area contributed by atoms with Gasteiger partial charge in [0.2, 0.25) is 0 Å². The van der Waals surface area contributed by atoms with Crippen LogP contribution in [-0.2, 0) is 10.2 Å². The van der Waals surface area contributed by atoms with E-state index >= 15 is 0 Å². The molecule has 0 heterocycles. The molecule has 1 unspecified atom stereocenters. The van der Waals surface area contributed by atoms with Gasteiger partial charge in [-0.1, -0.05) is 44.7 Å². The smallest absolute Gasteiger partial charge is 0.407 e. The molecular formula is C24H36N4O2. The van der Waals surface area contributed by atoms with Gasteiger partial charge in [-0.3, -0.25) is 0 Å². The van der Waals surface area contributed by atoms with Crippen LogP contribution in [0.2, 0.25) is 0 Å². The van der Waals surface area contributed by atoms with Crippen molar-refractivity contribution in [2.45, 2.75) is 59.0 Å². The molecule has 0 radical (unpaired) electrons. The normalized spacial score (nSPS) is 14.9. The third-order valence-corrected chi connectivity index (χ3v) is 4.91. The van der Waals surface area contributed by atoms with E-state index in [1.807, 2.05) is 45.0 Å². The van der Waals surface area contributed by atoms with Crippen molar-refractivity contribution in [3.8, 4) is 0 Å². The summed E-state index contributed by atoms with van der Waals surface area (Å²) in [6.07, 6.45) is 3.23. The van der Waals surface area contributed by atoms with Crippen LogP contribution in [0.4, 0.5) is 4.79 Å². The van der Waals surface area contributed by atoms with E-state index < -0.39 is 11.7 Å². The summed E-state index contributed by atoms with van der Waals surface area (Å²) in [5.74, 6) is 0. The average Bonchev–Trinajstić information content (AvgIpc) is 2.64. The second kappa shape index (κ2) is 10.1. The first-order valence-corrected chi connectivity index (χ1v) is 10.0. The fourth-order valence-electron chi connectivity index (χ4n) is 3.12. The second-order valence-electron chi connectivity index (χ2n) is 8.68. The molecule has 1 amide bonds. The maximum Gasteiger partial charge on any atom is 0.407 e. The first-order valence-electron chi connectivity index (χ1n) is 10.0. The number of hydrogen-bond acceptors (Lipinski definition) is 5. The number of ether oxygens (including phenoxy) is 1. The van der Waals surface area contributed by atoms with Crippen LogP contribution in [0.25, 0.3) is 5.57 Å². The lowest BCUT2D eigenvalue weighted by molar-refractivity contribution is 0.0515. The van der Waals surface area contributed by atoms with E-state index in [0.29, 0.717) is 23.5 Å². The zero-order chi connectivity index (χ0) is 23.1. The van der Waals surface area contributed by atoms with E-state index in [0.717, 1.165) is 23.1 Å². The molecule has 0 fully saturated rings. The number of nitrogens with one attached hydrogen (secondary N) is 2. The standard InChI is InChI=1S/C24H36N4O2/c1-8-24(7,15-28-22(29)30-23(4,5)6)19-11-9-10-18(14-19)20(12-13-25)21(16(2)26)17(3)27/h9-14,25H,2,8,15,26-27H2,1,3-7H3,(H,28,29). The van der Waals surface area contributed by atoms with Crippen LogP contribution in [0.3, 0.4) is 0 Å². The molecule has 164 valence electrons. The molecular weight excluding hydrogens is 376 g/mol. The Bertz CT molecular complexity index is 858. The van der Waals surface area contributed by atoms with Crippen molar-refractivity contribution in [2.75, 3.05) is 6.54 Å². The second-order valence-corrected chi connectivity index (χ2v) is 8.68. The summed E-state index contributed by atoms with van der Waals surface area (Å²) >= 11 is 0. The molecule has 1 aromatic carbocycles. The summed E-state index contributed by atoms with van der Waals surface area (Å²) in [5.41, 5.74) is 15.3. The van der Waals surface area contributed by atoms with Crippen molar-refractivity contribution in [3.63, 3.8) is 0 Å². The minimum atomic E-state index is -0.549.